The van der Waals surface area contributed by atoms with Gasteiger partial charge in [-0.25, -0.2) is 13.1 Å². The molecule has 0 radical (unpaired) electrons. The molecule has 0 aliphatic heterocycles. The molecule has 0 saturated carbocycles. The number of nitrogens with one attached hydrogen (secondary N) is 1. The van der Waals surface area contributed by atoms with E-state index in [0.717, 1.165) is 10.0 Å². The Morgan fingerprint density at radius 3 is 2.68 bits per heavy atom. The van der Waals surface area contributed by atoms with E-state index in [1.807, 2.05) is 6.92 Å². The molecule has 1 N–H and O–H groups in total. The summed E-state index contributed by atoms with van der Waals surface area (Å²) in [6, 6.07) is 4.90. The van der Waals surface area contributed by atoms with Crippen LogP contribution in [0.1, 0.15) is 6.92 Å². The van der Waals surface area contributed by atoms with E-state index in [1.165, 1.54) is 6.07 Å². The summed E-state index contributed by atoms with van der Waals surface area (Å²) in [5.74, 6) is 0. The predicted molar refractivity (Wildman–Crippen MR) is 82.7 cm³/mol. The quantitative estimate of drug-likeness (QED) is 0.553. The predicted octanol–water partition coefficient (Wildman–Crippen LogP) is 3.08. The third kappa shape index (κ3) is 5.74. The van der Waals surface area contributed by atoms with Crippen LogP contribution in [0.5, 0.6) is 0 Å². The van der Waals surface area contributed by atoms with Crippen molar-refractivity contribution in [1.82, 2.24) is 4.72 Å². The van der Waals surface area contributed by atoms with Crippen molar-refractivity contribution in [2.75, 3.05) is 19.8 Å². The van der Waals surface area contributed by atoms with E-state index in [4.69, 9.17) is 4.74 Å². The van der Waals surface area contributed by atoms with Crippen LogP contribution in [0.25, 0.3) is 0 Å². The van der Waals surface area contributed by atoms with Gasteiger partial charge >= 0.3 is 0 Å². The first-order valence-electron chi connectivity index (χ1n) is 5.50. The topological polar surface area (TPSA) is 55.4 Å². The minimum Gasteiger partial charge on any atom is -0.376 e. The van der Waals surface area contributed by atoms with Crippen LogP contribution < -0.4 is 4.72 Å². The standard InChI is InChI=1S/C12H15Br2NO3S/c1-9(2)8-18-6-5-15-19(16,17)12-4-3-10(13)7-11(12)14/h3-4,7,15H,1,5-6,8H2,2H3. The van der Waals surface area contributed by atoms with Gasteiger partial charge in [-0.3, -0.25) is 0 Å². The SMILES string of the molecule is C=C(C)COCCNS(=O)(=O)c1ccc(Br)cc1Br. The van der Waals surface area contributed by atoms with Crippen LogP contribution in [-0.2, 0) is 14.8 Å². The summed E-state index contributed by atoms with van der Waals surface area (Å²) in [7, 11) is -3.53. The van der Waals surface area contributed by atoms with Crippen molar-refractivity contribution < 1.29 is 13.2 Å². The maximum Gasteiger partial charge on any atom is 0.241 e. The lowest BCUT2D eigenvalue weighted by atomic mass is 10.4. The molecule has 0 unspecified atom stereocenters. The van der Waals surface area contributed by atoms with Gasteiger partial charge in [-0.05, 0) is 41.1 Å². The number of rotatable bonds is 7. The summed E-state index contributed by atoms with van der Waals surface area (Å²) in [5, 5.41) is 0. The van der Waals surface area contributed by atoms with Gasteiger partial charge < -0.3 is 4.74 Å². The Bertz CT molecular complexity index is 558. The average molecular weight is 413 g/mol. The van der Waals surface area contributed by atoms with Crippen LogP contribution in [0.15, 0.2) is 44.2 Å². The third-order valence-corrected chi connectivity index (χ3v) is 5.00. The van der Waals surface area contributed by atoms with Gasteiger partial charge in [-0.1, -0.05) is 28.1 Å². The molecule has 1 rings (SSSR count). The highest BCUT2D eigenvalue weighted by atomic mass is 79.9. The number of halogens is 2. The van der Waals surface area contributed by atoms with Crippen molar-refractivity contribution in [3.05, 3.63) is 39.3 Å². The largest absolute Gasteiger partial charge is 0.376 e. The van der Waals surface area contributed by atoms with Crippen LogP contribution in [0.4, 0.5) is 0 Å². The van der Waals surface area contributed by atoms with E-state index in [9.17, 15) is 8.42 Å². The molecular weight excluding hydrogens is 398 g/mol. The second-order valence-corrected chi connectivity index (χ2v) is 7.49. The molecule has 0 aliphatic rings. The highest BCUT2D eigenvalue weighted by molar-refractivity contribution is 9.11. The van der Waals surface area contributed by atoms with E-state index in [2.05, 4.69) is 43.2 Å². The normalized spacial score (nSPS) is 11.5. The third-order valence-electron chi connectivity index (χ3n) is 2.07. The van der Waals surface area contributed by atoms with E-state index < -0.39 is 10.0 Å². The molecule has 1 aromatic rings. The highest BCUT2D eigenvalue weighted by Gasteiger charge is 2.16. The fraction of sp³-hybridized carbons (Fsp3) is 0.333. The Morgan fingerprint density at radius 2 is 2.11 bits per heavy atom. The second kappa shape index (κ2) is 7.54. The lowest BCUT2D eigenvalue weighted by Crippen LogP contribution is -2.27. The summed E-state index contributed by atoms with van der Waals surface area (Å²) in [6.45, 7) is 6.51. The van der Waals surface area contributed by atoms with Crippen LogP contribution in [0.3, 0.4) is 0 Å². The number of sulfonamides is 1. The second-order valence-electron chi connectivity index (χ2n) is 3.98. The first-order chi connectivity index (χ1) is 8.83. The van der Waals surface area contributed by atoms with E-state index in [-0.39, 0.29) is 11.4 Å². The van der Waals surface area contributed by atoms with E-state index in [0.29, 0.717) is 17.7 Å². The molecule has 0 spiro atoms. The van der Waals surface area contributed by atoms with Gasteiger partial charge in [0.15, 0.2) is 0 Å². The summed E-state index contributed by atoms with van der Waals surface area (Å²) >= 11 is 6.51. The zero-order chi connectivity index (χ0) is 14.5. The maximum absolute atomic E-state index is 12.0. The Morgan fingerprint density at radius 1 is 1.42 bits per heavy atom. The molecule has 0 aromatic heterocycles. The molecule has 19 heavy (non-hydrogen) atoms. The van der Waals surface area contributed by atoms with Crippen molar-refractivity contribution in [3.63, 3.8) is 0 Å². The fourth-order valence-electron chi connectivity index (χ4n) is 1.27. The fourth-order valence-corrected chi connectivity index (χ4v) is 4.02. The molecule has 106 valence electrons. The summed E-state index contributed by atoms with van der Waals surface area (Å²) < 4.78 is 33.1. The van der Waals surface area contributed by atoms with Crippen LogP contribution in [0.2, 0.25) is 0 Å². The zero-order valence-electron chi connectivity index (χ0n) is 10.4. The van der Waals surface area contributed by atoms with Gasteiger partial charge in [0.2, 0.25) is 10.0 Å². The number of ether oxygens (including phenoxy) is 1. The molecule has 0 fully saturated rings. The van der Waals surface area contributed by atoms with Gasteiger partial charge in [0.25, 0.3) is 0 Å². The Hall–Kier alpha value is -0.210. The molecule has 7 heteroatoms. The minimum atomic E-state index is -3.53. The maximum atomic E-state index is 12.0. The lowest BCUT2D eigenvalue weighted by Gasteiger charge is -2.09. The summed E-state index contributed by atoms with van der Waals surface area (Å²) in [4.78, 5) is 0.204. The zero-order valence-corrected chi connectivity index (χ0v) is 14.4. The van der Waals surface area contributed by atoms with E-state index in [1.54, 1.807) is 12.1 Å². The smallest absolute Gasteiger partial charge is 0.241 e. The molecule has 0 atom stereocenters. The first kappa shape index (κ1) is 16.8. The Kier molecular flexibility index (Phi) is 6.68. The molecule has 0 heterocycles. The number of hydrogen-bond acceptors (Lipinski definition) is 3. The van der Waals surface area contributed by atoms with Crippen molar-refractivity contribution >= 4 is 41.9 Å². The average Bonchev–Trinajstić information content (AvgIpc) is 2.27. The van der Waals surface area contributed by atoms with Gasteiger partial charge in [0.1, 0.15) is 0 Å². The van der Waals surface area contributed by atoms with Crippen molar-refractivity contribution in [2.24, 2.45) is 0 Å². The van der Waals surface area contributed by atoms with Crippen molar-refractivity contribution in [3.8, 4) is 0 Å². The van der Waals surface area contributed by atoms with Gasteiger partial charge in [-0.2, -0.15) is 0 Å². The van der Waals surface area contributed by atoms with Crippen LogP contribution in [-0.4, -0.2) is 28.2 Å². The van der Waals surface area contributed by atoms with E-state index >= 15 is 0 Å². The van der Waals surface area contributed by atoms with Gasteiger partial charge in [0, 0.05) is 15.5 Å². The van der Waals surface area contributed by atoms with Gasteiger partial charge in [-0.15, -0.1) is 0 Å². The van der Waals surface area contributed by atoms with Crippen LogP contribution in [0, 0.1) is 0 Å². The first-order valence-corrected chi connectivity index (χ1v) is 8.56. The lowest BCUT2D eigenvalue weighted by molar-refractivity contribution is 0.162. The molecule has 0 bridgehead atoms. The Balaban J connectivity index is 2.59. The molecule has 0 amide bonds. The monoisotopic (exact) mass is 411 g/mol. The summed E-state index contributed by atoms with van der Waals surface area (Å²) in [5.41, 5.74) is 0.901. The van der Waals surface area contributed by atoms with Crippen LogP contribution >= 0.6 is 31.9 Å². The molecule has 0 saturated heterocycles. The molecular formula is C12H15Br2NO3S. The highest BCUT2D eigenvalue weighted by Crippen LogP contribution is 2.25. The number of hydrogen-bond donors (Lipinski definition) is 1. The molecule has 4 nitrogen and oxygen atoms in total. The Labute approximate surface area is 130 Å². The van der Waals surface area contributed by atoms with Crippen molar-refractivity contribution in [2.45, 2.75) is 11.8 Å². The summed E-state index contributed by atoms with van der Waals surface area (Å²) in [6.07, 6.45) is 0. The molecule has 1 aromatic carbocycles. The van der Waals surface area contributed by atoms with Gasteiger partial charge in [0.05, 0.1) is 18.1 Å². The van der Waals surface area contributed by atoms with Crippen molar-refractivity contribution in [1.29, 1.82) is 0 Å². The molecule has 0 aliphatic carbocycles. The minimum absolute atomic E-state index is 0.204. The number of benzene rings is 1.